The largest absolute Gasteiger partial charge is 0.351 e. The monoisotopic (exact) mass is 269 g/mol. The first kappa shape index (κ1) is 15.1. The minimum atomic E-state index is 0.297. The van der Waals surface area contributed by atoms with Crippen LogP contribution in [0.2, 0.25) is 0 Å². The summed E-state index contributed by atoms with van der Waals surface area (Å²) in [5, 5.41) is 0.944. The maximum absolute atomic E-state index is 11.0. The number of carbonyl (C=O) groups is 1. The van der Waals surface area contributed by atoms with E-state index in [2.05, 4.69) is 42.7 Å². The molecule has 0 spiro atoms. The highest BCUT2D eigenvalue weighted by atomic mass is 32.1. The summed E-state index contributed by atoms with van der Waals surface area (Å²) in [5.41, 5.74) is 0.921. The molecule has 0 atom stereocenters. The minimum absolute atomic E-state index is 0.297. The number of hydrogen-bond donors (Lipinski definition) is 0. The molecular formula is C13H23N3OS. The van der Waals surface area contributed by atoms with Crippen LogP contribution in [0.15, 0.2) is 0 Å². The molecule has 4 nitrogen and oxygen atoms in total. The summed E-state index contributed by atoms with van der Waals surface area (Å²) in [7, 11) is 6.18. The van der Waals surface area contributed by atoms with Gasteiger partial charge in [0.2, 0.25) is 0 Å². The molecule has 0 aliphatic heterocycles. The number of thiazole rings is 1. The van der Waals surface area contributed by atoms with Gasteiger partial charge in [-0.15, -0.1) is 0 Å². The quantitative estimate of drug-likeness (QED) is 0.713. The second-order valence-corrected chi connectivity index (χ2v) is 6.11. The van der Waals surface area contributed by atoms with Gasteiger partial charge in [0.05, 0.1) is 10.6 Å². The second-order valence-electron chi connectivity index (χ2n) is 5.10. The van der Waals surface area contributed by atoms with Gasteiger partial charge < -0.3 is 9.80 Å². The molecule has 0 bridgehead atoms. The Morgan fingerprint density at radius 3 is 2.39 bits per heavy atom. The molecule has 0 aliphatic rings. The van der Waals surface area contributed by atoms with E-state index < -0.39 is 0 Å². The van der Waals surface area contributed by atoms with Crippen LogP contribution in [0.1, 0.15) is 41.6 Å². The fraction of sp³-hybridized carbons (Fsp3) is 0.692. The van der Waals surface area contributed by atoms with E-state index >= 15 is 0 Å². The van der Waals surface area contributed by atoms with E-state index in [9.17, 15) is 4.79 Å². The number of carbonyl (C=O) groups excluding carboxylic acids is 1. The number of nitrogens with zero attached hydrogens (tertiary/aromatic N) is 3. The van der Waals surface area contributed by atoms with Crippen LogP contribution in [0.4, 0.5) is 5.13 Å². The van der Waals surface area contributed by atoms with Crippen LogP contribution in [-0.4, -0.2) is 50.4 Å². The van der Waals surface area contributed by atoms with Crippen molar-refractivity contribution in [3.05, 3.63) is 10.6 Å². The normalized spacial score (nSPS) is 11.3. The topological polar surface area (TPSA) is 36.4 Å². The third-order valence-corrected chi connectivity index (χ3v) is 3.86. The van der Waals surface area contributed by atoms with Crippen molar-refractivity contribution in [3.63, 3.8) is 0 Å². The number of hydrogen-bond acceptors (Lipinski definition) is 5. The minimum Gasteiger partial charge on any atom is -0.351 e. The van der Waals surface area contributed by atoms with Crippen LogP contribution in [0, 0.1) is 0 Å². The molecule has 0 fully saturated rings. The summed E-state index contributed by atoms with van der Waals surface area (Å²) in [6.07, 6.45) is 2.01. The average Bonchev–Trinajstić information content (AvgIpc) is 2.72. The molecule has 0 amide bonds. The number of anilines is 1. The lowest BCUT2D eigenvalue weighted by atomic mass is 10.1. The van der Waals surface area contributed by atoms with Gasteiger partial charge in [0.25, 0.3) is 0 Å². The van der Waals surface area contributed by atoms with Gasteiger partial charge in [-0.05, 0) is 33.0 Å². The van der Waals surface area contributed by atoms with E-state index in [0.29, 0.717) is 5.92 Å². The van der Waals surface area contributed by atoms with E-state index in [4.69, 9.17) is 0 Å². The van der Waals surface area contributed by atoms with Crippen LogP contribution in [0.3, 0.4) is 0 Å². The van der Waals surface area contributed by atoms with Gasteiger partial charge in [-0.1, -0.05) is 25.2 Å². The molecule has 102 valence electrons. The van der Waals surface area contributed by atoms with Crippen LogP contribution in [0.5, 0.6) is 0 Å². The molecule has 0 radical (unpaired) electrons. The van der Waals surface area contributed by atoms with Crippen molar-refractivity contribution < 1.29 is 4.79 Å². The first-order chi connectivity index (χ1) is 8.45. The Bertz CT molecular complexity index is 388. The molecule has 0 unspecified atom stereocenters. The second kappa shape index (κ2) is 6.85. The van der Waals surface area contributed by atoms with Gasteiger partial charge in [0.15, 0.2) is 11.4 Å². The highest BCUT2D eigenvalue weighted by molar-refractivity contribution is 7.17. The van der Waals surface area contributed by atoms with Gasteiger partial charge in [0, 0.05) is 13.6 Å². The third kappa shape index (κ3) is 4.07. The summed E-state index contributed by atoms with van der Waals surface area (Å²) in [6, 6.07) is 0. The fourth-order valence-corrected chi connectivity index (χ4v) is 2.73. The van der Waals surface area contributed by atoms with Crippen molar-refractivity contribution >= 4 is 22.8 Å². The predicted molar refractivity (Wildman–Crippen MR) is 78.0 cm³/mol. The van der Waals surface area contributed by atoms with Gasteiger partial charge in [-0.2, -0.15) is 0 Å². The molecule has 1 rings (SSSR count). The molecular weight excluding hydrogens is 246 g/mol. The Balaban J connectivity index is 2.68. The maximum atomic E-state index is 11.0. The summed E-state index contributed by atoms with van der Waals surface area (Å²) in [6.45, 7) is 6.16. The zero-order chi connectivity index (χ0) is 13.7. The van der Waals surface area contributed by atoms with Crippen molar-refractivity contribution in [1.82, 2.24) is 9.88 Å². The van der Waals surface area contributed by atoms with Crippen molar-refractivity contribution in [2.75, 3.05) is 39.1 Å². The summed E-state index contributed by atoms with van der Waals surface area (Å²) in [4.78, 5) is 20.7. The zero-order valence-corrected chi connectivity index (χ0v) is 12.8. The molecule has 0 aromatic carbocycles. The van der Waals surface area contributed by atoms with Gasteiger partial charge in [-0.3, -0.25) is 4.79 Å². The molecule has 1 aromatic rings. The van der Waals surface area contributed by atoms with Crippen molar-refractivity contribution in [3.8, 4) is 0 Å². The molecule has 18 heavy (non-hydrogen) atoms. The van der Waals surface area contributed by atoms with Crippen molar-refractivity contribution in [2.45, 2.75) is 26.2 Å². The highest BCUT2D eigenvalue weighted by Crippen LogP contribution is 2.28. The van der Waals surface area contributed by atoms with Crippen LogP contribution in [0.25, 0.3) is 0 Å². The Morgan fingerprint density at radius 2 is 1.94 bits per heavy atom. The van der Waals surface area contributed by atoms with Gasteiger partial charge >= 0.3 is 0 Å². The maximum Gasteiger partial charge on any atom is 0.185 e. The van der Waals surface area contributed by atoms with E-state index in [1.807, 2.05) is 7.05 Å². The molecule has 0 saturated heterocycles. The van der Waals surface area contributed by atoms with E-state index in [1.54, 1.807) is 0 Å². The zero-order valence-electron chi connectivity index (χ0n) is 11.9. The summed E-state index contributed by atoms with van der Waals surface area (Å²) in [5.74, 6) is 0.297. The third-order valence-electron chi connectivity index (χ3n) is 2.75. The molecule has 5 heteroatoms. The number of aromatic nitrogens is 1. The molecule has 0 N–H and O–H groups in total. The number of aldehydes is 1. The predicted octanol–water partition coefficient (Wildman–Crippen LogP) is 2.47. The lowest BCUT2D eigenvalue weighted by Gasteiger charge is -2.17. The first-order valence-corrected chi connectivity index (χ1v) is 7.09. The van der Waals surface area contributed by atoms with Crippen LogP contribution in [-0.2, 0) is 0 Å². The lowest BCUT2D eigenvalue weighted by molar-refractivity contribution is 0.112. The van der Waals surface area contributed by atoms with E-state index in [0.717, 1.165) is 41.5 Å². The van der Waals surface area contributed by atoms with E-state index in [1.165, 1.54) is 11.3 Å². The smallest absolute Gasteiger partial charge is 0.185 e. The number of rotatable bonds is 7. The first-order valence-electron chi connectivity index (χ1n) is 6.27. The van der Waals surface area contributed by atoms with Gasteiger partial charge in [0.1, 0.15) is 0 Å². The van der Waals surface area contributed by atoms with Crippen LogP contribution < -0.4 is 4.90 Å². The van der Waals surface area contributed by atoms with Crippen LogP contribution >= 0.6 is 11.3 Å². The highest BCUT2D eigenvalue weighted by Gasteiger charge is 2.15. The van der Waals surface area contributed by atoms with Crippen molar-refractivity contribution in [2.24, 2.45) is 0 Å². The van der Waals surface area contributed by atoms with Gasteiger partial charge in [-0.25, -0.2) is 4.98 Å². The molecule has 1 aromatic heterocycles. The Labute approximate surface area is 114 Å². The summed E-state index contributed by atoms with van der Waals surface area (Å²) >= 11 is 1.49. The lowest BCUT2D eigenvalue weighted by Crippen LogP contribution is -2.23. The Morgan fingerprint density at radius 1 is 1.28 bits per heavy atom. The van der Waals surface area contributed by atoms with E-state index in [-0.39, 0.29) is 0 Å². The summed E-state index contributed by atoms with van der Waals surface area (Å²) < 4.78 is 0. The Hall–Kier alpha value is -0.940. The molecule has 1 heterocycles. The molecule has 0 aliphatic carbocycles. The SMILES string of the molecule is CC(C)c1nc(N(C)CCCN(C)C)sc1C=O. The van der Waals surface area contributed by atoms with Crippen molar-refractivity contribution in [1.29, 1.82) is 0 Å². The molecule has 0 saturated carbocycles. The fourth-order valence-electron chi connectivity index (χ4n) is 1.71. The standard InChI is InChI=1S/C13H23N3OS/c1-10(2)12-11(9-17)18-13(14-12)16(5)8-6-7-15(3)4/h9-10H,6-8H2,1-5H3. The Kier molecular flexibility index (Phi) is 5.75. The average molecular weight is 269 g/mol.